The summed E-state index contributed by atoms with van der Waals surface area (Å²) < 4.78 is 16.8. The first-order valence-corrected chi connectivity index (χ1v) is 26.7. The lowest BCUT2D eigenvalue weighted by Crippen LogP contribution is -2.30. The second kappa shape index (κ2) is 49.8. The van der Waals surface area contributed by atoms with Gasteiger partial charge in [-0.05, 0) is 44.9 Å². The Hall–Kier alpha value is -1.85. The molecule has 0 heterocycles. The highest BCUT2D eigenvalue weighted by Crippen LogP contribution is 2.16. The molecule has 0 amide bonds. The third-order valence-corrected chi connectivity index (χ3v) is 12.0. The van der Waals surface area contributed by atoms with Gasteiger partial charge in [0.1, 0.15) is 13.2 Å². The van der Waals surface area contributed by atoms with E-state index in [0.29, 0.717) is 19.3 Å². The predicted octanol–water partition coefficient (Wildman–Crippen LogP) is 17.4. The molecule has 0 bridgehead atoms. The van der Waals surface area contributed by atoms with Crippen LogP contribution in [0.5, 0.6) is 0 Å². The zero-order chi connectivity index (χ0) is 43.7. The first-order chi connectivity index (χ1) is 29.5. The fourth-order valence-electron chi connectivity index (χ4n) is 7.97. The molecule has 6 heteroatoms. The largest absolute Gasteiger partial charge is 0.462 e. The van der Waals surface area contributed by atoms with E-state index in [1.807, 2.05) is 0 Å². The van der Waals surface area contributed by atoms with E-state index in [2.05, 4.69) is 32.9 Å². The number of hydrogen-bond acceptors (Lipinski definition) is 6. The fraction of sp³-hybridized carbons (Fsp3) is 0.907. The van der Waals surface area contributed by atoms with Crippen molar-refractivity contribution in [1.82, 2.24) is 0 Å². The van der Waals surface area contributed by atoms with Gasteiger partial charge in [0.2, 0.25) is 0 Å². The lowest BCUT2D eigenvalue weighted by atomic mass is 10.0. The smallest absolute Gasteiger partial charge is 0.306 e. The number of carbonyl (C=O) groups is 3. The lowest BCUT2D eigenvalue weighted by Gasteiger charge is -2.18. The lowest BCUT2D eigenvalue weighted by molar-refractivity contribution is -0.167. The molecule has 0 saturated heterocycles. The van der Waals surface area contributed by atoms with Crippen LogP contribution in [0.2, 0.25) is 0 Å². The zero-order valence-corrected chi connectivity index (χ0v) is 40.5. The van der Waals surface area contributed by atoms with Crippen LogP contribution in [0.25, 0.3) is 0 Å². The molecular formula is C54H102O6. The molecule has 0 aliphatic heterocycles. The van der Waals surface area contributed by atoms with Crippen molar-refractivity contribution in [3.05, 3.63) is 12.2 Å². The Morgan fingerprint density at radius 2 is 0.550 bits per heavy atom. The van der Waals surface area contributed by atoms with Gasteiger partial charge in [0.25, 0.3) is 0 Å². The third kappa shape index (κ3) is 47.2. The Morgan fingerprint density at radius 1 is 0.317 bits per heavy atom. The van der Waals surface area contributed by atoms with Crippen LogP contribution in [0.4, 0.5) is 0 Å². The summed E-state index contributed by atoms with van der Waals surface area (Å²) in [5, 5.41) is 0. The van der Waals surface area contributed by atoms with Crippen molar-refractivity contribution in [3.63, 3.8) is 0 Å². The molecule has 0 fully saturated rings. The van der Waals surface area contributed by atoms with Gasteiger partial charge in [-0.3, -0.25) is 14.4 Å². The van der Waals surface area contributed by atoms with E-state index < -0.39 is 6.10 Å². The van der Waals surface area contributed by atoms with Gasteiger partial charge in [-0.2, -0.15) is 0 Å². The summed E-state index contributed by atoms with van der Waals surface area (Å²) >= 11 is 0. The van der Waals surface area contributed by atoms with Gasteiger partial charge in [-0.1, -0.05) is 245 Å². The van der Waals surface area contributed by atoms with E-state index in [9.17, 15) is 14.4 Å². The number of ether oxygens (including phenoxy) is 3. The van der Waals surface area contributed by atoms with E-state index in [0.717, 1.165) is 64.2 Å². The second-order valence-corrected chi connectivity index (χ2v) is 18.2. The first kappa shape index (κ1) is 58.1. The maximum Gasteiger partial charge on any atom is 0.306 e. The molecule has 0 aromatic heterocycles. The number of carbonyl (C=O) groups excluding carboxylic acids is 3. The van der Waals surface area contributed by atoms with Crippen LogP contribution in [0.1, 0.15) is 297 Å². The fourth-order valence-corrected chi connectivity index (χ4v) is 7.97. The maximum absolute atomic E-state index is 12.8. The molecule has 0 saturated carbocycles. The summed E-state index contributed by atoms with van der Waals surface area (Å²) in [6.45, 7) is 6.66. The van der Waals surface area contributed by atoms with E-state index in [4.69, 9.17) is 14.2 Å². The van der Waals surface area contributed by atoms with Crippen LogP contribution in [0.3, 0.4) is 0 Å². The van der Waals surface area contributed by atoms with Gasteiger partial charge in [-0.25, -0.2) is 0 Å². The molecule has 60 heavy (non-hydrogen) atoms. The number of allylic oxidation sites excluding steroid dienone is 2. The summed E-state index contributed by atoms with van der Waals surface area (Å²) in [4.78, 5) is 38.0. The topological polar surface area (TPSA) is 78.9 Å². The van der Waals surface area contributed by atoms with E-state index >= 15 is 0 Å². The molecule has 0 aromatic carbocycles. The van der Waals surface area contributed by atoms with Gasteiger partial charge in [0, 0.05) is 19.3 Å². The van der Waals surface area contributed by atoms with Crippen molar-refractivity contribution in [3.8, 4) is 0 Å². The Labute approximate surface area is 373 Å². The molecule has 0 aromatic rings. The van der Waals surface area contributed by atoms with E-state index in [1.165, 1.54) is 193 Å². The summed E-state index contributed by atoms with van der Waals surface area (Å²) in [7, 11) is 0. The van der Waals surface area contributed by atoms with Crippen LogP contribution >= 0.6 is 0 Å². The Balaban J connectivity index is 4.33. The SMILES string of the molecule is CCCCCCCC/C=C\CCCCCCCC(=O)O[C@@H](COC(=O)CCCCCCCCCCCCCC)COC(=O)CCCCCCCCCCCCCCCCC. The quantitative estimate of drug-likeness (QED) is 0.0263. The molecule has 0 radical (unpaired) electrons. The van der Waals surface area contributed by atoms with Crippen molar-refractivity contribution >= 4 is 17.9 Å². The summed E-state index contributed by atoms with van der Waals surface area (Å²) in [6.07, 6.45) is 54.7. The van der Waals surface area contributed by atoms with Crippen LogP contribution in [-0.2, 0) is 28.6 Å². The third-order valence-electron chi connectivity index (χ3n) is 12.0. The molecule has 354 valence electrons. The van der Waals surface area contributed by atoms with Crippen molar-refractivity contribution in [2.24, 2.45) is 0 Å². The van der Waals surface area contributed by atoms with Crippen LogP contribution in [0, 0.1) is 0 Å². The number of esters is 3. The highest BCUT2D eigenvalue weighted by atomic mass is 16.6. The monoisotopic (exact) mass is 847 g/mol. The Morgan fingerprint density at radius 3 is 0.833 bits per heavy atom. The number of unbranched alkanes of at least 4 members (excludes halogenated alkanes) is 36. The van der Waals surface area contributed by atoms with Crippen molar-refractivity contribution < 1.29 is 28.6 Å². The molecular weight excluding hydrogens is 745 g/mol. The zero-order valence-electron chi connectivity index (χ0n) is 40.5. The van der Waals surface area contributed by atoms with Gasteiger partial charge in [-0.15, -0.1) is 0 Å². The predicted molar refractivity (Wildman–Crippen MR) is 256 cm³/mol. The average molecular weight is 847 g/mol. The van der Waals surface area contributed by atoms with Gasteiger partial charge in [0.05, 0.1) is 0 Å². The maximum atomic E-state index is 12.8. The van der Waals surface area contributed by atoms with Gasteiger partial charge in [0.15, 0.2) is 6.10 Å². The van der Waals surface area contributed by atoms with E-state index in [-0.39, 0.29) is 31.1 Å². The van der Waals surface area contributed by atoms with Crippen molar-refractivity contribution in [1.29, 1.82) is 0 Å². The molecule has 0 rings (SSSR count). The Kier molecular flexibility index (Phi) is 48.3. The molecule has 0 aliphatic rings. The average Bonchev–Trinajstić information content (AvgIpc) is 3.24. The summed E-state index contributed by atoms with van der Waals surface area (Å²) in [5.41, 5.74) is 0. The first-order valence-electron chi connectivity index (χ1n) is 26.7. The molecule has 6 nitrogen and oxygen atoms in total. The molecule has 1 atom stereocenters. The summed E-state index contributed by atoms with van der Waals surface area (Å²) in [6, 6.07) is 0. The van der Waals surface area contributed by atoms with Crippen LogP contribution in [0.15, 0.2) is 12.2 Å². The summed E-state index contributed by atoms with van der Waals surface area (Å²) in [5.74, 6) is -0.858. The molecule has 0 aliphatic carbocycles. The van der Waals surface area contributed by atoms with Crippen LogP contribution < -0.4 is 0 Å². The minimum Gasteiger partial charge on any atom is -0.462 e. The van der Waals surface area contributed by atoms with E-state index in [1.54, 1.807) is 0 Å². The standard InChI is InChI=1S/C54H102O6/c1-4-7-10-13-16-19-22-25-27-29-32-35-38-41-44-47-53(56)59-50-51(49-58-52(55)46-43-40-37-34-31-24-21-18-15-12-9-6-3)60-54(57)48-45-42-39-36-33-30-28-26-23-20-17-14-11-8-5-2/h26,28,51H,4-25,27,29-50H2,1-3H3/b28-26-/t51-/m0/s1. The highest BCUT2D eigenvalue weighted by Gasteiger charge is 2.19. The number of rotatable bonds is 49. The molecule has 0 spiro atoms. The minimum absolute atomic E-state index is 0.0679. The Bertz CT molecular complexity index is 931. The van der Waals surface area contributed by atoms with Crippen molar-refractivity contribution in [2.75, 3.05) is 13.2 Å². The minimum atomic E-state index is -0.767. The highest BCUT2D eigenvalue weighted by molar-refractivity contribution is 5.71. The van der Waals surface area contributed by atoms with Gasteiger partial charge < -0.3 is 14.2 Å². The van der Waals surface area contributed by atoms with Gasteiger partial charge >= 0.3 is 17.9 Å². The normalized spacial score (nSPS) is 12.0. The number of hydrogen-bond donors (Lipinski definition) is 0. The molecule has 0 N–H and O–H groups in total. The molecule has 0 unspecified atom stereocenters. The van der Waals surface area contributed by atoms with Crippen molar-refractivity contribution in [2.45, 2.75) is 303 Å². The van der Waals surface area contributed by atoms with Crippen LogP contribution in [-0.4, -0.2) is 37.2 Å². The second-order valence-electron chi connectivity index (χ2n) is 18.2.